The van der Waals surface area contributed by atoms with E-state index in [-0.39, 0.29) is 0 Å². The fourth-order valence-corrected chi connectivity index (χ4v) is 1.27. The lowest BCUT2D eigenvalue weighted by atomic mass is 10.1. The molecule has 0 N–H and O–H groups in total. The fourth-order valence-electron chi connectivity index (χ4n) is 0.920. The lowest BCUT2D eigenvalue weighted by Gasteiger charge is -2.00. The van der Waals surface area contributed by atoms with Gasteiger partial charge in [-0.1, -0.05) is 52.3 Å². The quantitative estimate of drug-likeness (QED) is 0.655. The minimum absolute atomic E-state index is 0.911. The Bertz CT molecular complexity index is 263. The second kappa shape index (κ2) is 3.72. The van der Waals surface area contributed by atoms with E-state index in [0.29, 0.717) is 0 Å². The van der Waals surface area contributed by atoms with Crippen molar-refractivity contribution in [2.45, 2.75) is 12.3 Å². The minimum Gasteiger partial charge on any atom is -0.0955 e. The normalized spacial score (nSPS) is 9.64. The molecule has 0 unspecified atom stereocenters. The van der Waals surface area contributed by atoms with Crippen LogP contribution in [-0.4, -0.2) is 0 Å². The first-order valence-corrected chi connectivity index (χ1v) is 4.67. The second-order valence-corrected chi connectivity index (χ2v) is 3.18. The highest BCUT2D eigenvalue weighted by Gasteiger charge is 1.93. The third kappa shape index (κ3) is 2.19. The van der Waals surface area contributed by atoms with Crippen LogP contribution in [0.4, 0.5) is 0 Å². The first kappa shape index (κ1) is 8.54. The first-order valence-electron chi connectivity index (χ1n) is 3.55. The van der Waals surface area contributed by atoms with Crippen LogP contribution < -0.4 is 0 Å². The van der Waals surface area contributed by atoms with Gasteiger partial charge < -0.3 is 0 Å². The molecule has 0 heterocycles. The van der Waals surface area contributed by atoms with Crippen molar-refractivity contribution in [3.63, 3.8) is 0 Å². The summed E-state index contributed by atoms with van der Waals surface area (Å²) >= 11 is 3.41. The summed E-state index contributed by atoms with van der Waals surface area (Å²) in [5, 5.41) is 0.911. The zero-order valence-corrected chi connectivity index (χ0v) is 8.19. The Hall–Kier alpha value is -0.560. The van der Waals surface area contributed by atoms with E-state index in [9.17, 15) is 0 Å². The Morgan fingerprint density at radius 2 is 2.27 bits per heavy atom. The lowest BCUT2D eigenvalue weighted by Crippen LogP contribution is -1.81. The van der Waals surface area contributed by atoms with E-state index in [1.807, 2.05) is 6.92 Å². The number of rotatable bonds is 2. The Kier molecular flexibility index (Phi) is 2.89. The third-order valence-corrected chi connectivity index (χ3v) is 2.22. The molecule has 0 fully saturated rings. The Morgan fingerprint density at radius 1 is 1.55 bits per heavy atom. The largest absolute Gasteiger partial charge is 0.0955 e. The predicted molar refractivity (Wildman–Crippen MR) is 53.8 cm³/mol. The molecule has 0 saturated heterocycles. The summed E-state index contributed by atoms with van der Waals surface area (Å²) < 4.78 is 0. The maximum absolute atomic E-state index is 3.89. The molecule has 0 amide bonds. The standard InChI is InChI=1S/C10H11Br/c1-8(2)10-5-3-4-9(6-10)7-11/h3-6H,1,7H2,2H3. The molecule has 0 aromatic heterocycles. The van der Waals surface area contributed by atoms with Gasteiger partial charge in [-0.3, -0.25) is 0 Å². The molecule has 0 aliphatic rings. The molecule has 0 aliphatic heterocycles. The number of hydrogen-bond donors (Lipinski definition) is 0. The van der Waals surface area contributed by atoms with Crippen molar-refractivity contribution >= 4 is 21.5 Å². The van der Waals surface area contributed by atoms with Crippen LogP contribution >= 0.6 is 15.9 Å². The maximum atomic E-state index is 3.89. The molecule has 0 aliphatic carbocycles. The zero-order valence-electron chi connectivity index (χ0n) is 6.60. The number of hydrogen-bond acceptors (Lipinski definition) is 0. The molecule has 0 atom stereocenters. The molecule has 0 radical (unpaired) electrons. The van der Waals surface area contributed by atoms with E-state index in [4.69, 9.17) is 0 Å². The van der Waals surface area contributed by atoms with E-state index in [2.05, 4.69) is 46.8 Å². The molecule has 0 bridgehead atoms. The van der Waals surface area contributed by atoms with E-state index < -0.39 is 0 Å². The van der Waals surface area contributed by atoms with Gasteiger partial charge in [0, 0.05) is 5.33 Å². The van der Waals surface area contributed by atoms with Crippen LogP contribution in [0, 0.1) is 0 Å². The van der Waals surface area contributed by atoms with Gasteiger partial charge in [-0.15, -0.1) is 0 Å². The van der Waals surface area contributed by atoms with Gasteiger partial charge in [-0.05, 0) is 18.1 Å². The van der Waals surface area contributed by atoms with Crippen LogP contribution in [0.25, 0.3) is 5.57 Å². The molecule has 1 heteroatoms. The molecule has 1 aromatic rings. The minimum atomic E-state index is 0.911. The molecule has 0 nitrogen and oxygen atoms in total. The summed E-state index contributed by atoms with van der Waals surface area (Å²) in [6, 6.07) is 8.38. The molecular weight excluding hydrogens is 200 g/mol. The van der Waals surface area contributed by atoms with Gasteiger partial charge in [0.25, 0.3) is 0 Å². The van der Waals surface area contributed by atoms with Crippen LogP contribution in [0.5, 0.6) is 0 Å². The van der Waals surface area contributed by atoms with Gasteiger partial charge in [0.1, 0.15) is 0 Å². The highest BCUT2D eigenvalue weighted by Crippen LogP contribution is 2.14. The molecule has 0 saturated carbocycles. The van der Waals surface area contributed by atoms with Crippen molar-refractivity contribution in [1.29, 1.82) is 0 Å². The summed E-state index contributed by atoms with van der Waals surface area (Å²) in [6.45, 7) is 5.91. The number of alkyl halides is 1. The van der Waals surface area contributed by atoms with E-state index in [1.165, 1.54) is 11.1 Å². The summed E-state index contributed by atoms with van der Waals surface area (Å²) in [6.07, 6.45) is 0. The number of benzene rings is 1. The van der Waals surface area contributed by atoms with Gasteiger partial charge in [-0.25, -0.2) is 0 Å². The summed E-state index contributed by atoms with van der Waals surface area (Å²) in [4.78, 5) is 0. The van der Waals surface area contributed by atoms with E-state index in [0.717, 1.165) is 10.9 Å². The Balaban J connectivity index is 3.01. The first-order chi connectivity index (χ1) is 5.24. The van der Waals surface area contributed by atoms with Crippen molar-refractivity contribution < 1.29 is 0 Å². The lowest BCUT2D eigenvalue weighted by molar-refractivity contribution is 1.41. The van der Waals surface area contributed by atoms with Gasteiger partial charge in [0.15, 0.2) is 0 Å². The monoisotopic (exact) mass is 210 g/mol. The maximum Gasteiger partial charge on any atom is 0.0283 e. The van der Waals surface area contributed by atoms with Gasteiger partial charge in [-0.2, -0.15) is 0 Å². The third-order valence-electron chi connectivity index (χ3n) is 1.57. The van der Waals surface area contributed by atoms with Crippen LogP contribution in [-0.2, 0) is 5.33 Å². The second-order valence-electron chi connectivity index (χ2n) is 2.61. The van der Waals surface area contributed by atoms with Crippen LogP contribution in [0.1, 0.15) is 18.1 Å². The SMILES string of the molecule is C=C(C)c1cccc(CBr)c1. The average Bonchev–Trinajstić information content (AvgIpc) is 2.05. The van der Waals surface area contributed by atoms with Crippen molar-refractivity contribution in [3.8, 4) is 0 Å². The predicted octanol–water partition coefficient (Wildman–Crippen LogP) is 3.61. The van der Waals surface area contributed by atoms with Gasteiger partial charge in [0.2, 0.25) is 0 Å². The van der Waals surface area contributed by atoms with E-state index in [1.54, 1.807) is 0 Å². The van der Waals surface area contributed by atoms with Crippen LogP contribution in [0.2, 0.25) is 0 Å². The summed E-state index contributed by atoms with van der Waals surface area (Å²) in [5.41, 5.74) is 3.64. The van der Waals surface area contributed by atoms with Crippen molar-refractivity contribution in [3.05, 3.63) is 42.0 Å². The summed E-state index contributed by atoms with van der Waals surface area (Å²) in [7, 11) is 0. The van der Waals surface area contributed by atoms with Crippen LogP contribution in [0.3, 0.4) is 0 Å². The Morgan fingerprint density at radius 3 is 2.82 bits per heavy atom. The molecule has 1 aromatic carbocycles. The molecular formula is C10H11Br. The molecule has 0 spiro atoms. The number of halogens is 1. The van der Waals surface area contributed by atoms with E-state index >= 15 is 0 Å². The smallest absolute Gasteiger partial charge is 0.0283 e. The molecule has 58 valence electrons. The number of allylic oxidation sites excluding steroid dienone is 1. The summed E-state index contributed by atoms with van der Waals surface area (Å²) in [5.74, 6) is 0. The molecule has 11 heavy (non-hydrogen) atoms. The highest BCUT2D eigenvalue weighted by molar-refractivity contribution is 9.08. The van der Waals surface area contributed by atoms with Crippen molar-refractivity contribution in [2.24, 2.45) is 0 Å². The van der Waals surface area contributed by atoms with Crippen LogP contribution in [0.15, 0.2) is 30.8 Å². The fraction of sp³-hybridized carbons (Fsp3) is 0.200. The average molecular weight is 211 g/mol. The van der Waals surface area contributed by atoms with Crippen molar-refractivity contribution in [1.82, 2.24) is 0 Å². The highest BCUT2D eigenvalue weighted by atomic mass is 79.9. The van der Waals surface area contributed by atoms with Gasteiger partial charge >= 0.3 is 0 Å². The Labute approximate surface area is 76.1 Å². The zero-order chi connectivity index (χ0) is 8.27. The topological polar surface area (TPSA) is 0 Å². The van der Waals surface area contributed by atoms with Gasteiger partial charge in [0.05, 0.1) is 0 Å². The van der Waals surface area contributed by atoms with Crippen molar-refractivity contribution in [2.75, 3.05) is 0 Å². The molecule has 1 rings (SSSR count).